The van der Waals surface area contributed by atoms with Gasteiger partial charge in [-0.05, 0) is 13.8 Å². The Morgan fingerprint density at radius 3 is 2.56 bits per heavy atom. The third kappa shape index (κ3) is 3.56. The van der Waals surface area contributed by atoms with Crippen molar-refractivity contribution in [2.45, 2.75) is 31.9 Å². The smallest absolute Gasteiger partial charge is 0.252 e. The summed E-state index contributed by atoms with van der Waals surface area (Å²) < 4.78 is 22.2. The predicted octanol–water partition coefficient (Wildman–Crippen LogP) is 0.567. The van der Waals surface area contributed by atoms with E-state index in [4.69, 9.17) is 0 Å². The van der Waals surface area contributed by atoms with E-state index in [1.807, 2.05) is 6.92 Å². The minimum atomic E-state index is -3.17. The second-order valence-corrected chi connectivity index (χ2v) is 7.47. The van der Waals surface area contributed by atoms with Crippen LogP contribution in [0.4, 0.5) is 5.82 Å². The Labute approximate surface area is 107 Å². The molecule has 0 saturated carbocycles. The molecule has 0 saturated heterocycles. The quantitative estimate of drug-likeness (QED) is 0.818. The van der Waals surface area contributed by atoms with Crippen LogP contribution in [-0.4, -0.2) is 35.9 Å². The first-order valence-electron chi connectivity index (χ1n) is 5.69. The summed E-state index contributed by atoms with van der Waals surface area (Å²) in [6, 6.07) is 1.32. The topological polar surface area (TPSA) is 91.9 Å². The van der Waals surface area contributed by atoms with Gasteiger partial charge in [-0.2, -0.15) is 0 Å². The van der Waals surface area contributed by atoms with Crippen molar-refractivity contribution in [3.05, 3.63) is 22.2 Å². The van der Waals surface area contributed by atoms with Crippen molar-refractivity contribution in [3.8, 4) is 0 Å². The Kier molecular flexibility index (Phi) is 4.16. The van der Waals surface area contributed by atoms with Crippen LogP contribution in [0.15, 0.2) is 10.9 Å². The van der Waals surface area contributed by atoms with Crippen LogP contribution < -0.4 is 10.9 Å². The minimum Gasteiger partial charge on any atom is -0.368 e. The monoisotopic (exact) mass is 273 g/mol. The Morgan fingerprint density at radius 1 is 1.44 bits per heavy atom. The van der Waals surface area contributed by atoms with Crippen molar-refractivity contribution in [1.29, 1.82) is 0 Å². The Bertz CT molecular complexity index is 575. The molecular weight excluding hydrogens is 254 g/mol. The van der Waals surface area contributed by atoms with Gasteiger partial charge in [0.1, 0.15) is 11.6 Å². The number of H-pyrrole nitrogens is 1. The number of hydrogen-bond donors (Lipinski definition) is 2. The van der Waals surface area contributed by atoms with Gasteiger partial charge in [0, 0.05) is 25.3 Å². The summed E-state index contributed by atoms with van der Waals surface area (Å²) >= 11 is 0. The number of sulfone groups is 1. The first kappa shape index (κ1) is 14.7. The molecule has 6 nitrogen and oxygen atoms in total. The average molecular weight is 273 g/mol. The highest BCUT2D eigenvalue weighted by Crippen LogP contribution is 2.15. The number of nitrogens with zero attached hydrogens (tertiary/aromatic N) is 1. The summed E-state index contributed by atoms with van der Waals surface area (Å²) in [6.45, 7) is 5.33. The van der Waals surface area contributed by atoms with Gasteiger partial charge in [-0.1, -0.05) is 6.92 Å². The van der Waals surface area contributed by atoms with Gasteiger partial charge in [-0.3, -0.25) is 4.79 Å². The molecule has 1 rings (SSSR count). The van der Waals surface area contributed by atoms with Crippen molar-refractivity contribution in [2.24, 2.45) is 0 Å². The summed E-state index contributed by atoms with van der Waals surface area (Å²) in [6.07, 6.45) is 1.80. The molecule has 1 heterocycles. The van der Waals surface area contributed by atoms with Gasteiger partial charge in [0.2, 0.25) is 0 Å². The van der Waals surface area contributed by atoms with Crippen LogP contribution in [0.2, 0.25) is 0 Å². The van der Waals surface area contributed by atoms with Crippen LogP contribution >= 0.6 is 0 Å². The molecule has 0 aliphatic heterocycles. The molecule has 1 aromatic heterocycles. The molecule has 7 heteroatoms. The maximum Gasteiger partial charge on any atom is 0.252 e. The number of hydrogen-bond acceptors (Lipinski definition) is 5. The molecule has 0 fully saturated rings. The normalized spacial score (nSPS) is 12.4. The van der Waals surface area contributed by atoms with Crippen LogP contribution in [0.1, 0.15) is 26.6 Å². The van der Waals surface area contributed by atoms with Crippen molar-refractivity contribution in [3.63, 3.8) is 0 Å². The second-order valence-electron chi connectivity index (χ2n) is 4.82. The van der Waals surface area contributed by atoms with Crippen LogP contribution in [0.5, 0.6) is 0 Å². The molecule has 0 amide bonds. The molecule has 0 spiro atoms. The van der Waals surface area contributed by atoms with E-state index in [1.165, 1.54) is 12.3 Å². The molecule has 18 heavy (non-hydrogen) atoms. The predicted molar refractivity (Wildman–Crippen MR) is 71.6 cm³/mol. The lowest BCUT2D eigenvalue weighted by atomic mass is 10.2. The minimum absolute atomic E-state index is 0.200. The lowest BCUT2D eigenvalue weighted by Gasteiger charge is -2.23. The van der Waals surface area contributed by atoms with Gasteiger partial charge in [-0.15, -0.1) is 0 Å². The van der Waals surface area contributed by atoms with Gasteiger partial charge < -0.3 is 10.3 Å². The first-order valence-corrected chi connectivity index (χ1v) is 7.58. The third-order valence-corrected chi connectivity index (χ3v) is 4.98. The van der Waals surface area contributed by atoms with Crippen LogP contribution in [0.25, 0.3) is 0 Å². The Hall–Kier alpha value is -1.37. The fourth-order valence-corrected chi connectivity index (χ4v) is 1.53. The van der Waals surface area contributed by atoms with Gasteiger partial charge in [0.15, 0.2) is 9.84 Å². The Balaban J connectivity index is 2.88. The lowest BCUT2D eigenvalue weighted by molar-refractivity contribution is 0.559. The van der Waals surface area contributed by atoms with Crippen molar-refractivity contribution in [1.82, 2.24) is 9.97 Å². The zero-order valence-corrected chi connectivity index (χ0v) is 11.9. The van der Waals surface area contributed by atoms with E-state index in [0.717, 1.165) is 0 Å². The molecule has 0 radical (unpaired) electrons. The van der Waals surface area contributed by atoms with E-state index in [2.05, 4.69) is 15.3 Å². The molecular formula is C11H19N3O3S. The zero-order chi connectivity index (χ0) is 14.0. The maximum atomic E-state index is 11.5. The SMILES string of the molecule is CCc1nc(NCC(C)(C)S(C)(=O)=O)cc(=O)[nH]1. The maximum absolute atomic E-state index is 11.5. The van der Waals surface area contributed by atoms with E-state index in [-0.39, 0.29) is 12.1 Å². The molecule has 1 aromatic rings. The van der Waals surface area contributed by atoms with Crippen LogP contribution in [0, 0.1) is 0 Å². The fraction of sp³-hybridized carbons (Fsp3) is 0.636. The van der Waals surface area contributed by atoms with E-state index in [1.54, 1.807) is 13.8 Å². The summed E-state index contributed by atoms with van der Waals surface area (Å²) in [5.74, 6) is 0.967. The first-order chi connectivity index (χ1) is 8.15. The number of nitrogens with one attached hydrogen (secondary N) is 2. The number of rotatable bonds is 5. The average Bonchev–Trinajstić information content (AvgIpc) is 2.24. The summed E-state index contributed by atoms with van der Waals surface area (Å²) in [5, 5.41) is 2.90. The zero-order valence-electron chi connectivity index (χ0n) is 11.1. The highest BCUT2D eigenvalue weighted by Gasteiger charge is 2.29. The number of aromatic amines is 1. The van der Waals surface area contributed by atoms with E-state index >= 15 is 0 Å². The van der Waals surface area contributed by atoms with Gasteiger partial charge in [-0.25, -0.2) is 13.4 Å². The van der Waals surface area contributed by atoms with Gasteiger partial charge in [0.05, 0.1) is 4.75 Å². The van der Waals surface area contributed by atoms with Gasteiger partial charge >= 0.3 is 0 Å². The summed E-state index contributed by atoms with van der Waals surface area (Å²) in [5.41, 5.74) is -0.249. The largest absolute Gasteiger partial charge is 0.368 e. The fourth-order valence-electron chi connectivity index (χ4n) is 1.20. The molecule has 102 valence electrons. The van der Waals surface area contributed by atoms with Gasteiger partial charge in [0.25, 0.3) is 5.56 Å². The molecule has 0 bridgehead atoms. The molecule has 0 aliphatic carbocycles. The summed E-state index contributed by atoms with van der Waals surface area (Å²) in [7, 11) is -3.17. The molecule has 0 aromatic carbocycles. The molecule has 0 aliphatic rings. The number of aromatic nitrogens is 2. The van der Waals surface area contributed by atoms with Crippen LogP contribution in [-0.2, 0) is 16.3 Å². The van der Waals surface area contributed by atoms with Crippen molar-refractivity contribution in [2.75, 3.05) is 18.1 Å². The molecule has 0 atom stereocenters. The van der Waals surface area contributed by atoms with E-state index in [9.17, 15) is 13.2 Å². The number of anilines is 1. The van der Waals surface area contributed by atoms with Crippen molar-refractivity contribution >= 4 is 15.7 Å². The molecule has 2 N–H and O–H groups in total. The highest BCUT2D eigenvalue weighted by molar-refractivity contribution is 7.92. The van der Waals surface area contributed by atoms with Crippen molar-refractivity contribution < 1.29 is 8.42 Å². The highest BCUT2D eigenvalue weighted by atomic mass is 32.2. The summed E-state index contributed by atoms with van der Waals surface area (Å²) in [4.78, 5) is 18.1. The van der Waals surface area contributed by atoms with Crippen LogP contribution in [0.3, 0.4) is 0 Å². The second kappa shape index (κ2) is 5.09. The van der Waals surface area contributed by atoms with E-state index in [0.29, 0.717) is 18.1 Å². The lowest BCUT2D eigenvalue weighted by Crippen LogP contribution is -2.38. The molecule has 0 unspecified atom stereocenters. The third-order valence-electron chi connectivity index (χ3n) is 2.82. The standard InChI is InChI=1S/C11H19N3O3S/c1-5-8-13-9(6-10(15)14-8)12-7-11(2,3)18(4,16)17/h6H,5,7H2,1-4H3,(H2,12,13,14,15). The van der Waals surface area contributed by atoms with E-state index < -0.39 is 14.6 Å². The Morgan fingerprint density at radius 2 is 2.06 bits per heavy atom. The number of aryl methyl sites for hydroxylation is 1.